The van der Waals surface area contributed by atoms with Gasteiger partial charge in [-0.1, -0.05) is 0 Å². The van der Waals surface area contributed by atoms with Gasteiger partial charge in [-0.2, -0.15) is 0 Å². The van der Waals surface area contributed by atoms with Crippen molar-refractivity contribution in [3.63, 3.8) is 0 Å². The summed E-state index contributed by atoms with van der Waals surface area (Å²) in [5.41, 5.74) is 1.22. The molecule has 0 saturated carbocycles. The predicted molar refractivity (Wildman–Crippen MR) is 69.8 cm³/mol. The Labute approximate surface area is 105 Å². The molecule has 1 aromatic rings. The Morgan fingerprint density at radius 1 is 1.31 bits per heavy atom. The fraction of sp³-hybridized carbons (Fsp3) is 0.417. The van der Waals surface area contributed by atoms with Crippen molar-refractivity contribution >= 4 is 23.3 Å². The third-order valence-electron chi connectivity index (χ3n) is 2.03. The van der Waals surface area contributed by atoms with Crippen LogP contribution in [-0.4, -0.2) is 29.9 Å². The summed E-state index contributed by atoms with van der Waals surface area (Å²) in [5.74, 6) is 0. The average molecular weight is 298 g/mol. The topological polar surface area (TPSA) is 33.0 Å². The van der Waals surface area contributed by atoms with E-state index in [4.69, 9.17) is 9.69 Å². The average Bonchev–Trinajstić information content (AvgIpc) is 2.24. The summed E-state index contributed by atoms with van der Waals surface area (Å²) < 4.78 is 5.90. The summed E-state index contributed by atoms with van der Waals surface area (Å²) in [7, 11) is -1.48. The first-order chi connectivity index (χ1) is 7.53. The van der Waals surface area contributed by atoms with Crippen LogP contribution < -0.4 is 0 Å². The first-order valence-electron chi connectivity index (χ1n) is 5.26. The van der Waals surface area contributed by atoms with Gasteiger partial charge in [0.1, 0.15) is 0 Å². The molecule has 0 N–H and O–H groups in total. The molecule has 16 heavy (non-hydrogen) atoms. The molecular formula is C12H17NOSeSi. The Kier molecular flexibility index (Phi) is 5.24. The zero-order chi connectivity index (χ0) is 12.0. The van der Waals surface area contributed by atoms with E-state index in [-0.39, 0.29) is 19.8 Å². The van der Waals surface area contributed by atoms with Gasteiger partial charge < -0.3 is 0 Å². The van der Waals surface area contributed by atoms with Crippen LogP contribution in [0.1, 0.15) is 10.4 Å². The van der Waals surface area contributed by atoms with Gasteiger partial charge in [-0.25, -0.2) is 0 Å². The van der Waals surface area contributed by atoms with Crippen LogP contribution in [0, 0.1) is 10.2 Å². The van der Waals surface area contributed by atoms with Gasteiger partial charge in [-0.05, 0) is 0 Å². The Bertz CT molecular complexity index is 356. The van der Waals surface area contributed by atoms with Crippen molar-refractivity contribution in [3.8, 4) is 4.97 Å². The van der Waals surface area contributed by atoms with Crippen molar-refractivity contribution in [1.82, 2.24) is 0 Å². The molecular weight excluding hydrogens is 281 g/mol. The molecule has 0 aromatic heterocycles. The second-order valence-electron chi connectivity index (χ2n) is 4.53. The summed E-state index contributed by atoms with van der Waals surface area (Å²) in [6.07, 6.45) is 0. The fourth-order valence-electron chi connectivity index (χ4n) is 1.26. The molecule has 0 saturated heterocycles. The Morgan fingerprint density at radius 2 is 1.94 bits per heavy atom. The molecule has 1 aromatic carbocycles. The van der Waals surface area contributed by atoms with Gasteiger partial charge in [0.05, 0.1) is 0 Å². The van der Waals surface area contributed by atoms with Gasteiger partial charge in [0, 0.05) is 0 Å². The molecule has 0 bridgehead atoms. The molecule has 1 unspecified atom stereocenters. The Balaban J connectivity index is 2.66. The molecule has 0 aliphatic rings. The third-order valence-corrected chi connectivity index (χ3v) is 4.74. The summed E-state index contributed by atoms with van der Waals surface area (Å²) in [6, 6.07) is 10.2. The number of hydrogen-bond acceptors (Lipinski definition) is 2. The standard InChI is InChI=1S/C12H17NOSeSi/c1-16(2,3)14-9-12(15-10-13)11-7-5-4-6-8-11/h4-8,12H,9H2,1-3H3. The van der Waals surface area contributed by atoms with E-state index in [0.29, 0.717) is 6.61 Å². The van der Waals surface area contributed by atoms with E-state index in [1.165, 1.54) is 5.56 Å². The van der Waals surface area contributed by atoms with Crippen molar-refractivity contribution in [2.45, 2.75) is 24.5 Å². The van der Waals surface area contributed by atoms with Crippen LogP contribution in [0.2, 0.25) is 19.6 Å². The molecule has 4 heteroatoms. The van der Waals surface area contributed by atoms with E-state index in [0.717, 1.165) is 0 Å². The molecule has 2 nitrogen and oxygen atoms in total. The van der Waals surface area contributed by atoms with E-state index in [1.807, 2.05) is 18.2 Å². The van der Waals surface area contributed by atoms with Crippen molar-refractivity contribution < 1.29 is 4.43 Å². The molecule has 0 radical (unpaired) electrons. The van der Waals surface area contributed by atoms with E-state index in [1.54, 1.807) is 0 Å². The SMILES string of the molecule is C[Si](C)(C)OCC([Se]C#N)c1ccccc1. The summed E-state index contributed by atoms with van der Waals surface area (Å²) in [5, 5.41) is 8.86. The Morgan fingerprint density at radius 3 is 2.44 bits per heavy atom. The van der Waals surface area contributed by atoms with E-state index in [2.05, 4.69) is 36.7 Å². The molecule has 0 spiro atoms. The van der Waals surface area contributed by atoms with Gasteiger partial charge >= 0.3 is 105 Å². The first kappa shape index (κ1) is 13.5. The zero-order valence-corrected chi connectivity index (χ0v) is 12.6. The van der Waals surface area contributed by atoms with Gasteiger partial charge in [0.25, 0.3) is 0 Å². The van der Waals surface area contributed by atoms with E-state index < -0.39 is 8.32 Å². The van der Waals surface area contributed by atoms with Gasteiger partial charge in [-0.15, -0.1) is 0 Å². The third kappa shape index (κ3) is 4.96. The molecule has 0 fully saturated rings. The van der Waals surface area contributed by atoms with E-state index in [9.17, 15) is 0 Å². The molecule has 0 heterocycles. The molecule has 0 aliphatic carbocycles. The molecule has 0 aliphatic heterocycles. The minimum absolute atomic E-state index is 0.0407. The number of rotatable bonds is 5. The second-order valence-corrected chi connectivity index (χ2v) is 11.1. The maximum atomic E-state index is 8.86. The van der Waals surface area contributed by atoms with Crippen LogP contribution in [0.3, 0.4) is 0 Å². The van der Waals surface area contributed by atoms with Gasteiger partial charge in [0.2, 0.25) is 0 Å². The number of nitriles is 1. The first-order valence-corrected chi connectivity index (χ1v) is 10.5. The predicted octanol–water partition coefficient (Wildman–Crippen LogP) is 2.76. The van der Waals surface area contributed by atoms with Crippen molar-refractivity contribution in [1.29, 1.82) is 5.26 Å². The van der Waals surface area contributed by atoms with Crippen LogP contribution in [0.15, 0.2) is 30.3 Å². The summed E-state index contributed by atoms with van der Waals surface area (Å²) in [6.45, 7) is 7.21. The summed E-state index contributed by atoms with van der Waals surface area (Å²) >= 11 is -0.0407. The number of hydrogen-bond donors (Lipinski definition) is 0. The molecule has 86 valence electrons. The summed E-state index contributed by atoms with van der Waals surface area (Å²) in [4.78, 5) is 2.57. The van der Waals surface area contributed by atoms with Crippen LogP contribution >= 0.6 is 0 Å². The Hall–Kier alpha value is -0.594. The van der Waals surface area contributed by atoms with Crippen LogP contribution in [-0.2, 0) is 4.43 Å². The van der Waals surface area contributed by atoms with Crippen molar-refractivity contribution in [2.75, 3.05) is 6.61 Å². The maximum absolute atomic E-state index is 8.86. The normalized spacial score (nSPS) is 13.1. The minimum atomic E-state index is -1.48. The van der Waals surface area contributed by atoms with Gasteiger partial charge in [0.15, 0.2) is 0 Å². The second kappa shape index (κ2) is 6.22. The molecule has 1 rings (SSSR count). The number of nitrogens with zero attached hydrogens (tertiary/aromatic N) is 1. The van der Waals surface area contributed by atoms with Crippen molar-refractivity contribution in [2.24, 2.45) is 0 Å². The van der Waals surface area contributed by atoms with Crippen LogP contribution in [0.4, 0.5) is 0 Å². The van der Waals surface area contributed by atoms with Crippen LogP contribution in [0.25, 0.3) is 0 Å². The zero-order valence-electron chi connectivity index (χ0n) is 9.93. The van der Waals surface area contributed by atoms with Gasteiger partial charge in [-0.3, -0.25) is 0 Å². The monoisotopic (exact) mass is 299 g/mol. The van der Waals surface area contributed by atoms with Crippen molar-refractivity contribution in [3.05, 3.63) is 35.9 Å². The van der Waals surface area contributed by atoms with E-state index >= 15 is 0 Å². The quantitative estimate of drug-likeness (QED) is 0.783. The molecule has 0 amide bonds. The molecule has 1 atom stereocenters. The van der Waals surface area contributed by atoms with Crippen LogP contribution in [0.5, 0.6) is 0 Å². The number of benzene rings is 1. The fourth-order valence-corrected chi connectivity index (χ4v) is 3.36.